The van der Waals surface area contributed by atoms with E-state index in [1.807, 2.05) is 0 Å². The Morgan fingerprint density at radius 2 is 1.58 bits per heavy atom. The number of nitrogens with zero attached hydrogens (tertiary/aromatic N) is 2. The summed E-state index contributed by atoms with van der Waals surface area (Å²) >= 11 is 24.9. The zero-order chi connectivity index (χ0) is 17.6. The van der Waals surface area contributed by atoms with Crippen molar-refractivity contribution >= 4 is 66.1 Å². The van der Waals surface area contributed by atoms with E-state index in [1.165, 1.54) is 18.5 Å². The Balaban J connectivity index is 2.19. The Bertz CT molecular complexity index is 789. The monoisotopic (exact) mass is 420 g/mol. The Labute approximate surface area is 162 Å². The van der Waals surface area contributed by atoms with Gasteiger partial charge in [-0.15, -0.1) is 0 Å². The summed E-state index contributed by atoms with van der Waals surface area (Å²) in [5, 5.41) is 5.41. The van der Waals surface area contributed by atoms with Gasteiger partial charge in [-0.3, -0.25) is 4.79 Å². The maximum absolute atomic E-state index is 12.3. The number of rotatable bonds is 1. The van der Waals surface area contributed by atoms with Crippen molar-refractivity contribution in [2.45, 2.75) is 32.0 Å². The number of carbonyl (C=O) groups excluding carboxylic acids is 1. The van der Waals surface area contributed by atoms with Crippen LogP contribution in [0.1, 0.15) is 28.8 Å². The van der Waals surface area contributed by atoms with E-state index in [9.17, 15) is 4.79 Å². The largest absolute Gasteiger partial charge is 0.324 e. The minimum atomic E-state index is -1.61. The lowest BCUT2D eigenvalue weighted by Crippen LogP contribution is -2.49. The van der Waals surface area contributed by atoms with E-state index >= 15 is 0 Å². The molecule has 0 radical (unpaired) electrons. The van der Waals surface area contributed by atoms with Crippen LogP contribution in [0.3, 0.4) is 0 Å². The van der Waals surface area contributed by atoms with Crippen molar-refractivity contribution < 1.29 is 4.79 Å². The van der Waals surface area contributed by atoms with Gasteiger partial charge in [-0.1, -0.05) is 65.9 Å². The van der Waals surface area contributed by atoms with Gasteiger partial charge in [0, 0.05) is 12.1 Å². The summed E-state index contributed by atoms with van der Waals surface area (Å²) < 4.78 is 2.18. The van der Waals surface area contributed by atoms with Crippen molar-refractivity contribution in [3.8, 4) is 0 Å². The summed E-state index contributed by atoms with van der Waals surface area (Å²) in [5.74, 6) is -0.246. The molecule has 1 saturated heterocycles. The van der Waals surface area contributed by atoms with Crippen LogP contribution >= 0.6 is 46.4 Å². The number of allylic oxidation sites excluding steroid dienone is 2. The molecule has 24 heavy (non-hydrogen) atoms. The quantitative estimate of drug-likeness (QED) is 0.313. The van der Waals surface area contributed by atoms with Gasteiger partial charge >= 0.3 is 0 Å². The molecule has 0 aromatic heterocycles. The molecule has 1 heterocycles. The molecule has 3 nitrogen and oxygen atoms in total. The minimum Gasteiger partial charge on any atom is -0.324 e. The Kier molecular flexibility index (Phi) is 5.07. The highest BCUT2D eigenvalue weighted by Crippen LogP contribution is 2.43. The van der Waals surface area contributed by atoms with Crippen LogP contribution < -0.4 is 0 Å². The molecule has 1 aliphatic heterocycles. The molecule has 0 bridgehead atoms. The van der Waals surface area contributed by atoms with Gasteiger partial charge in [0.15, 0.2) is 14.0 Å². The first-order chi connectivity index (χ1) is 11.2. The van der Waals surface area contributed by atoms with E-state index in [0.717, 1.165) is 13.0 Å². The summed E-state index contributed by atoms with van der Waals surface area (Å²) in [6, 6.07) is 1.19. The molecule has 1 fully saturated rings. The number of benzene rings is 1. The lowest BCUT2D eigenvalue weighted by Gasteiger charge is -2.39. The molecule has 0 amide bonds. The first kappa shape index (κ1) is 18.3. The van der Waals surface area contributed by atoms with Gasteiger partial charge in [0.25, 0.3) is 0 Å². The fraction of sp³-hybridized carbons (Fsp3) is 0.375. The van der Waals surface area contributed by atoms with Gasteiger partial charge in [-0.25, -0.2) is 0 Å². The normalized spacial score (nSPS) is 21.3. The van der Waals surface area contributed by atoms with Gasteiger partial charge in [0.1, 0.15) is 0 Å². The van der Waals surface area contributed by atoms with Crippen LogP contribution in [0.2, 0.25) is 39.2 Å². The van der Waals surface area contributed by atoms with E-state index in [0.29, 0.717) is 11.3 Å². The highest BCUT2D eigenvalue weighted by Gasteiger charge is 2.34. The number of ketones is 1. The van der Waals surface area contributed by atoms with Crippen LogP contribution in [0, 0.1) is 0 Å². The van der Waals surface area contributed by atoms with E-state index in [4.69, 9.17) is 51.5 Å². The second-order valence-electron chi connectivity index (χ2n) is 6.58. The molecular formula is C16H16Cl4N2OSi. The third kappa shape index (κ3) is 3.03. The second-order valence-corrected chi connectivity index (χ2v) is 12.7. The van der Waals surface area contributed by atoms with Gasteiger partial charge in [-0.05, 0) is 24.6 Å². The zero-order valence-electron chi connectivity index (χ0n) is 13.3. The van der Waals surface area contributed by atoms with E-state index in [-0.39, 0.29) is 31.4 Å². The molecule has 8 heteroatoms. The van der Waals surface area contributed by atoms with E-state index in [2.05, 4.69) is 17.8 Å². The average Bonchev–Trinajstić information content (AvgIpc) is 2.53. The molecular weight excluding hydrogens is 406 g/mol. The van der Waals surface area contributed by atoms with Crippen molar-refractivity contribution in [3.05, 3.63) is 43.4 Å². The summed E-state index contributed by atoms with van der Waals surface area (Å²) in [7, 11) is -1.61. The molecule has 0 unspecified atom stereocenters. The van der Waals surface area contributed by atoms with Gasteiger partial charge in [0.2, 0.25) is 0 Å². The van der Waals surface area contributed by atoms with Crippen molar-refractivity contribution in [1.82, 2.24) is 4.67 Å². The number of carbonyl (C=O) groups is 1. The van der Waals surface area contributed by atoms with Crippen LogP contribution in [-0.2, 0) is 0 Å². The topological polar surface area (TPSA) is 32.7 Å². The number of hydrazone groups is 1. The standard InChI is InChI=1S/C16H16Cl4N2OSi/c1-24(2)8-4-3-7-22(24)21-9-5-6-10(23)12-11(9)13(17)15(19)16(20)14(12)18/h5-6H,3-4,7-8H2,1-2H3. The predicted molar refractivity (Wildman–Crippen MR) is 105 cm³/mol. The van der Waals surface area contributed by atoms with Crippen LogP contribution in [0.4, 0.5) is 0 Å². The molecule has 0 atom stereocenters. The highest BCUT2D eigenvalue weighted by molar-refractivity contribution is 6.74. The Morgan fingerprint density at radius 1 is 0.958 bits per heavy atom. The molecule has 1 aliphatic carbocycles. The first-order valence-electron chi connectivity index (χ1n) is 7.69. The second kappa shape index (κ2) is 6.65. The van der Waals surface area contributed by atoms with Gasteiger partial charge in [-0.2, -0.15) is 5.10 Å². The number of hydrogen-bond acceptors (Lipinski definition) is 3. The SMILES string of the molecule is C[Si]1(C)CCCCN1N=C1C=CC(=O)c2c(Cl)c(Cl)c(Cl)c(Cl)c21. The molecule has 1 aromatic carbocycles. The summed E-state index contributed by atoms with van der Waals surface area (Å²) in [6.07, 6.45) is 5.47. The molecule has 0 N–H and O–H groups in total. The number of halogens is 4. The maximum Gasteiger partial charge on any atom is 0.188 e. The zero-order valence-corrected chi connectivity index (χ0v) is 17.3. The maximum atomic E-state index is 12.3. The molecule has 2 aliphatic rings. The van der Waals surface area contributed by atoms with Gasteiger partial charge < -0.3 is 4.67 Å². The third-order valence-corrected chi connectivity index (χ3v) is 9.60. The lowest BCUT2D eigenvalue weighted by molar-refractivity contribution is 0.104. The number of hydrogen-bond donors (Lipinski definition) is 0. The van der Waals surface area contributed by atoms with Crippen molar-refractivity contribution in [2.75, 3.05) is 6.54 Å². The summed E-state index contributed by atoms with van der Waals surface area (Å²) in [4.78, 5) is 12.3. The van der Waals surface area contributed by atoms with Crippen LogP contribution in [0.25, 0.3) is 0 Å². The third-order valence-electron chi connectivity index (χ3n) is 4.50. The molecule has 3 rings (SSSR count). The van der Waals surface area contributed by atoms with Crippen molar-refractivity contribution in [2.24, 2.45) is 5.10 Å². The van der Waals surface area contributed by atoms with E-state index < -0.39 is 8.24 Å². The van der Waals surface area contributed by atoms with E-state index in [1.54, 1.807) is 6.08 Å². The molecule has 1 aromatic rings. The van der Waals surface area contributed by atoms with Crippen LogP contribution in [-0.4, -0.2) is 30.9 Å². The minimum absolute atomic E-state index is 0.0951. The molecule has 128 valence electrons. The Hall–Kier alpha value is -0.523. The van der Waals surface area contributed by atoms with Crippen LogP contribution in [0.5, 0.6) is 0 Å². The Morgan fingerprint density at radius 3 is 2.21 bits per heavy atom. The summed E-state index contributed by atoms with van der Waals surface area (Å²) in [6.45, 7) is 5.49. The fourth-order valence-electron chi connectivity index (χ4n) is 3.07. The average molecular weight is 422 g/mol. The van der Waals surface area contributed by atoms with Gasteiger partial charge in [0.05, 0.1) is 31.4 Å². The number of fused-ring (bicyclic) bond motifs is 1. The van der Waals surface area contributed by atoms with Crippen LogP contribution in [0.15, 0.2) is 17.3 Å². The predicted octanol–water partition coefficient (Wildman–Crippen LogP) is 6.06. The summed E-state index contributed by atoms with van der Waals surface area (Å²) in [5.41, 5.74) is 1.35. The molecule has 0 spiro atoms. The fourth-order valence-corrected chi connectivity index (χ4v) is 6.63. The first-order valence-corrected chi connectivity index (χ1v) is 12.4. The van der Waals surface area contributed by atoms with Crippen molar-refractivity contribution in [3.63, 3.8) is 0 Å². The smallest absolute Gasteiger partial charge is 0.188 e. The van der Waals surface area contributed by atoms with Crippen molar-refractivity contribution in [1.29, 1.82) is 0 Å². The lowest BCUT2D eigenvalue weighted by atomic mass is 9.94. The molecule has 0 saturated carbocycles. The highest BCUT2D eigenvalue weighted by atomic mass is 35.5.